The maximum atomic E-state index is 10.9. The smallest absolute Gasteiger partial charge is 0.339 e. The summed E-state index contributed by atoms with van der Waals surface area (Å²) in [7, 11) is 0. The van der Waals surface area contributed by atoms with Gasteiger partial charge in [0.2, 0.25) is 0 Å². The Morgan fingerprint density at radius 1 is 1.44 bits per heavy atom. The Labute approximate surface area is 112 Å². The molecule has 0 atom stereocenters. The van der Waals surface area contributed by atoms with Gasteiger partial charge in [-0.3, -0.25) is 0 Å². The maximum Gasteiger partial charge on any atom is 0.339 e. The predicted octanol–water partition coefficient (Wildman–Crippen LogP) is 3.63. The number of rotatable bonds is 4. The Hall–Kier alpha value is -1.75. The Kier molecular flexibility index (Phi) is 3.72. The van der Waals surface area contributed by atoms with Crippen molar-refractivity contribution in [2.24, 2.45) is 0 Å². The Morgan fingerprint density at radius 2 is 2.22 bits per heavy atom. The van der Waals surface area contributed by atoms with Crippen LogP contribution in [0.25, 0.3) is 0 Å². The first-order chi connectivity index (χ1) is 8.58. The molecule has 94 valence electrons. The average molecular weight is 311 g/mol. The van der Waals surface area contributed by atoms with Crippen LogP contribution < -0.4 is 4.74 Å². The van der Waals surface area contributed by atoms with E-state index in [4.69, 9.17) is 14.3 Å². The Bertz CT molecular complexity index is 574. The highest BCUT2D eigenvalue weighted by Gasteiger charge is 2.13. The second-order valence-electron chi connectivity index (χ2n) is 3.76. The van der Waals surface area contributed by atoms with Crippen LogP contribution in [0.1, 0.15) is 21.7 Å². The van der Waals surface area contributed by atoms with E-state index in [-0.39, 0.29) is 12.2 Å². The lowest BCUT2D eigenvalue weighted by Gasteiger charge is -2.06. The van der Waals surface area contributed by atoms with E-state index in [2.05, 4.69) is 15.9 Å². The van der Waals surface area contributed by atoms with Crippen LogP contribution in [0.5, 0.6) is 5.75 Å². The predicted molar refractivity (Wildman–Crippen MR) is 68.9 cm³/mol. The van der Waals surface area contributed by atoms with E-state index in [1.165, 1.54) is 12.3 Å². The zero-order chi connectivity index (χ0) is 13.1. The molecule has 2 aromatic rings. The number of carboxylic acid groups (broad SMARTS) is 1. The van der Waals surface area contributed by atoms with Gasteiger partial charge in [-0.15, -0.1) is 0 Å². The van der Waals surface area contributed by atoms with E-state index in [9.17, 15) is 4.79 Å². The van der Waals surface area contributed by atoms with Crippen molar-refractivity contribution in [2.75, 3.05) is 0 Å². The number of halogens is 1. The molecule has 0 bridgehead atoms. The lowest BCUT2D eigenvalue weighted by atomic mass is 10.2. The van der Waals surface area contributed by atoms with Crippen molar-refractivity contribution < 1.29 is 19.1 Å². The minimum atomic E-state index is -1.02. The summed E-state index contributed by atoms with van der Waals surface area (Å²) in [5.74, 6) is -0.0409. The maximum absolute atomic E-state index is 10.9. The zero-order valence-electron chi connectivity index (χ0n) is 9.64. The summed E-state index contributed by atoms with van der Waals surface area (Å²) in [6.45, 7) is 2.04. The van der Waals surface area contributed by atoms with Crippen molar-refractivity contribution in [1.29, 1.82) is 0 Å². The standard InChI is InChI=1S/C13H11BrO4/c1-8-6-9(2-3-11(8)14)18-7-12-10(13(15)16)4-5-17-12/h2-6H,7H2,1H3,(H,15,16). The molecule has 0 amide bonds. The number of furan rings is 1. The minimum Gasteiger partial charge on any atom is -0.486 e. The van der Waals surface area contributed by atoms with Crippen LogP contribution in [0.3, 0.4) is 0 Å². The number of hydrogen-bond acceptors (Lipinski definition) is 3. The van der Waals surface area contributed by atoms with Crippen molar-refractivity contribution in [2.45, 2.75) is 13.5 Å². The molecule has 2 rings (SSSR count). The highest BCUT2D eigenvalue weighted by Crippen LogP contribution is 2.23. The fourth-order valence-electron chi connectivity index (χ4n) is 1.50. The SMILES string of the molecule is Cc1cc(OCc2occc2C(=O)O)ccc1Br. The fraction of sp³-hybridized carbons (Fsp3) is 0.154. The van der Waals surface area contributed by atoms with Gasteiger partial charge in [-0.25, -0.2) is 4.79 Å². The molecule has 1 aromatic carbocycles. The zero-order valence-corrected chi connectivity index (χ0v) is 11.2. The molecular formula is C13H11BrO4. The van der Waals surface area contributed by atoms with Gasteiger partial charge >= 0.3 is 5.97 Å². The van der Waals surface area contributed by atoms with Crippen molar-refractivity contribution in [3.8, 4) is 5.75 Å². The van der Waals surface area contributed by atoms with E-state index < -0.39 is 5.97 Å². The van der Waals surface area contributed by atoms with Crippen LogP contribution in [0, 0.1) is 6.92 Å². The monoisotopic (exact) mass is 310 g/mol. The average Bonchev–Trinajstić information content (AvgIpc) is 2.79. The molecular weight excluding hydrogens is 300 g/mol. The number of carboxylic acids is 1. The summed E-state index contributed by atoms with van der Waals surface area (Å²) in [5, 5.41) is 8.91. The van der Waals surface area contributed by atoms with Gasteiger partial charge in [0.15, 0.2) is 5.76 Å². The van der Waals surface area contributed by atoms with E-state index in [0.717, 1.165) is 10.0 Å². The molecule has 18 heavy (non-hydrogen) atoms. The van der Waals surface area contributed by atoms with Crippen molar-refractivity contribution >= 4 is 21.9 Å². The van der Waals surface area contributed by atoms with Gasteiger partial charge in [0.05, 0.1) is 6.26 Å². The van der Waals surface area contributed by atoms with Crippen LogP contribution in [0.15, 0.2) is 39.4 Å². The molecule has 1 N–H and O–H groups in total. The minimum absolute atomic E-state index is 0.0930. The number of hydrogen-bond donors (Lipinski definition) is 1. The van der Waals surface area contributed by atoms with Crippen LogP contribution >= 0.6 is 15.9 Å². The molecule has 0 fully saturated rings. The van der Waals surface area contributed by atoms with Gasteiger partial charge in [-0.2, -0.15) is 0 Å². The molecule has 0 aliphatic carbocycles. The molecule has 0 aliphatic rings. The Balaban J connectivity index is 2.09. The fourth-order valence-corrected chi connectivity index (χ4v) is 1.75. The van der Waals surface area contributed by atoms with Crippen molar-refractivity contribution in [1.82, 2.24) is 0 Å². The first kappa shape index (κ1) is 12.7. The second kappa shape index (κ2) is 5.27. The van der Waals surface area contributed by atoms with Crippen LogP contribution in [-0.2, 0) is 6.61 Å². The first-order valence-corrected chi connectivity index (χ1v) is 6.06. The van der Waals surface area contributed by atoms with Gasteiger partial charge in [-0.05, 0) is 36.8 Å². The van der Waals surface area contributed by atoms with Crippen molar-refractivity contribution in [3.05, 3.63) is 51.9 Å². The summed E-state index contributed by atoms with van der Waals surface area (Å²) in [5.41, 5.74) is 1.18. The van der Waals surface area contributed by atoms with Gasteiger partial charge in [0.25, 0.3) is 0 Å². The van der Waals surface area contributed by atoms with Crippen molar-refractivity contribution in [3.63, 3.8) is 0 Å². The number of aryl methyl sites for hydroxylation is 1. The topological polar surface area (TPSA) is 59.7 Å². The van der Waals surface area contributed by atoms with Gasteiger partial charge < -0.3 is 14.3 Å². The van der Waals surface area contributed by atoms with Gasteiger partial charge in [-0.1, -0.05) is 15.9 Å². The third-order valence-corrected chi connectivity index (χ3v) is 3.36. The van der Waals surface area contributed by atoms with Crippen LogP contribution in [0.4, 0.5) is 0 Å². The quantitative estimate of drug-likeness (QED) is 0.936. The van der Waals surface area contributed by atoms with Crippen LogP contribution in [0.2, 0.25) is 0 Å². The lowest BCUT2D eigenvalue weighted by Crippen LogP contribution is -2.02. The molecule has 1 heterocycles. The number of carbonyl (C=O) groups is 1. The van der Waals surface area contributed by atoms with Gasteiger partial charge in [0, 0.05) is 4.47 Å². The highest BCUT2D eigenvalue weighted by molar-refractivity contribution is 9.10. The third-order valence-electron chi connectivity index (χ3n) is 2.48. The Morgan fingerprint density at radius 3 is 2.89 bits per heavy atom. The summed E-state index contributed by atoms with van der Waals surface area (Å²) in [6, 6.07) is 6.96. The van der Waals surface area contributed by atoms with Crippen LogP contribution in [-0.4, -0.2) is 11.1 Å². The van der Waals surface area contributed by atoms with E-state index >= 15 is 0 Å². The summed E-state index contributed by atoms with van der Waals surface area (Å²) < 4.78 is 11.6. The molecule has 4 nitrogen and oxygen atoms in total. The molecule has 0 saturated carbocycles. The molecule has 0 radical (unpaired) electrons. The van der Waals surface area contributed by atoms with E-state index in [0.29, 0.717) is 11.5 Å². The number of ether oxygens (including phenoxy) is 1. The summed E-state index contributed by atoms with van der Waals surface area (Å²) in [4.78, 5) is 10.9. The van der Waals surface area contributed by atoms with E-state index in [1.54, 1.807) is 6.07 Å². The summed E-state index contributed by atoms with van der Waals surface area (Å²) in [6.07, 6.45) is 1.34. The first-order valence-electron chi connectivity index (χ1n) is 5.26. The molecule has 0 spiro atoms. The largest absolute Gasteiger partial charge is 0.486 e. The second-order valence-corrected chi connectivity index (χ2v) is 4.62. The summed E-state index contributed by atoms with van der Waals surface area (Å²) >= 11 is 3.40. The molecule has 0 unspecified atom stereocenters. The third kappa shape index (κ3) is 2.73. The number of benzene rings is 1. The molecule has 0 saturated heterocycles. The number of aromatic carboxylic acids is 1. The van der Waals surface area contributed by atoms with Gasteiger partial charge in [0.1, 0.15) is 17.9 Å². The molecule has 5 heteroatoms. The molecule has 1 aromatic heterocycles. The lowest BCUT2D eigenvalue weighted by molar-refractivity contribution is 0.0692. The molecule has 0 aliphatic heterocycles. The highest BCUT2D eigenvalue weighted by atomic mass is 79.9. The normalized spacial score (nSPS) is 10.3. The van der Waals surface area contributed by atoms with E-state index in [1.807, 2.05) is 19.1 Å².